The zero-order valence-electron chi connectivity index (χ0n) is 6.02. The fraction of sp³-hybridized carbons (Fsp3) is 0.500. The lowest BCUT2D eigenvalue weighted by molar-refractivity contribution is -0.139. The van der Waals surface area contributed by atoms with Crippen LogP contribution < -0.4 is 0 Å². The van der Waals surface area contributed by atoms with Gasteiger partial charge in [0.05, 0.1) is 0 Å². The Morgan fingerprint density at radius 1 is 1.91 bits per heavy atom. The molecule has 0 saturated carbocycles. The molecule has 60 valence electrons. The molecule has 1 heterocycles. The number of carboxylic acid groups (broad SMARTS) is 1. The third-order valence-corrected chi connectivity index (χ3v) is 1.48. The fourth-order valence-corrected chi connectivity index (χ4v) is 0.814. The molecule has 1 atom stereocenters. The molecule has 11 heavy (non-hydrogen) atoms. The molecule has 0 aromatic heterocycles. The van der Waals surface area contributed by atoms with Gasteiger partial charge in [-0.1, -0.05) is 0 Å². The molecule has 1 unspecified atom stereocenters. The van der Waals surface area contributed by atoms with E-state index in [1.165, 1.54) is 18.2 Å². The lowest BCUT2D eigenvalue weighted by Crippen LogP contribution is -2.38. The highest BCUT2D eigenvalue weighted by Gasteiger charge is 2.23. The third-order valence-electron chi connectivity index (χ3n) is 1.48. The van der Waals surface area contributed by atoms with Crippen LogP contribution in [-0.2, 0) is 4.79 Å². The van der Waals surface area contributed by atoms with Crippen LogP contribution in [0.5, 0.6) is 0 Å². The lowest BCUT2D eigenvalue weighted by Gasteiger charge is -2.20. The second-order valence-electron chi connectivity index (χ2n) is 2.39. The normalized spacial score (nSPS) is 23.9. The molecule has 1 aliphatic heterocycles. The number of carbonyl (C=O) groups excluding carboxylic acids is 1. The molecule has 0 spiro atoms. The van der Waals surface area contributed by atoms with Crippen LogP contribution in [0.3, 0.4) is 0 Å². The van der Waals surface area contributed by atoms with Crippen molar-refractivity contribution in [1.29, 1.82) is 0 Å². The minimum atomic E-state index is -0.951. The number of carboxylic acids is 1. The van der Waals surface area contributed by atoms with Gasteiger partial charge in [0, 0.05) is 19.8 Å². The number of nitrogens with zero attached hydrogens (tertiary/aromatic N) is 2. The van der Waals surface area contributed by atoms with Gasteiger partial charge in [-0.25, -0.2) is 9.79 Å². The Kier molecular flexibility index (Phi) is 1.89. The Morgan fingerprint density at radius 3 is 3.00 bits per heavy atom. The first-order valence-corrected chi connectivity index (χ1v) is 3.13. The number of rotatable bonds is 1. The quantitative estimate of drug-likeness (QED) is 0.572. The van der Waals surface area contributed by atoms with E-state index in [-0.39, 0.29) is 12.6 Å². The molecule has 0 saturated heterocycles. The molecule has 1 N–H and O–H groups in total. The average Bonchev–Trinajstić information content (AvgIpc) is 1.94. The second kappa shape index (κ2) is 2.69. The van der Waals surface area contributed by atoms with Crippen LogP contribution in [-0.4, -0.2) is 41.8 Å². The van der Waals surface area contributed by atoms with E-state index in [4.69, 9.17) is 5.11 Å². The van der Waals surface area contributed by atoms with Crippen LogP contribution in [0.25, 0.3) is 0 Å². The topological polar surface area (TPSA) is 70.0 Å². The van der Waals surface area contributed by atoms with E-state index in [0.29, 0.717) is 0 Å². The Balaban J connectivity index is 2.71. The predicted molar refractivity (Wildman–Crippen MR) is 37.6 cm³/mol. The van der Waals surface area contributed by atoms with E-state index in [1.807, 2.05) is 0 Å². The highest BCUT2D eigenvalue weighted by Crippen LogP contribution is 2.04. The van der Waals surface area contributed by atoms with Gasteiger partial charge in [0.1, 0.15) is 5.92 Å². The Morgan fingerprint density at radius 2 is 2.55 bits per heavy atom. The molecule has 0 radical (unpaired) electrons. The van der Waals surface area contributed by atoms with Crippen LogP contribution in [0, 0.1) is 5.92 Å². The number of aliphatic carboxylic acids is 1. The fourth-order valence-electron chi connectivity index (χ4n) is 0.814. The third kappa shape index (κ3) is 1.54. The first-order valence-electron chi connectivity index (χ1n) is 3.13. The van der Waals surface area contributed by atoms with Crippen LogP contribution >= 0.6 is 0 Å². The van der Waals surface area contributed by atoms with Crippen LogP contribution in [0.15, 0.2) is 4.99 Å². The first kappa shape index (κ1) is 7.71. The maximum atomic E-state index is 10.7. The van der Waals surface area contributed by atoms with Gasteiger partial charge in [-0.3, -0.25) is 4.79 Å². The monoisotopic (exact) mass is 156 g/mol. The number of hydrogen-bond acceptors (Lipinski definition) is 2. The molecular weight excluding hydrogens is 148 g/mol. The molecule has 5 heteroatoms. The summed E-state index contributed by atoms with van der Waals surface area (Å²) in [7, 11) is 1.52. The summed E-state index contributed by atoms with van der Waals surface area (Å²) in [5.74, 6) is -1.61. The van der Waals surface area contributed by atoms with Crippen LogP contribution in [0.2, 0.25) is 0 Å². The van der Waals surface area contributed by atoms with Crippen molar-refractivity contribution in [2.24, 2.45) is 10.9 Å². The molecule has 2 amide bonds. The van der Waals surface area contributed by atoms with E-state index < -0.39 is 11.9 Å². The van der Waals surface area contributed by atoms with E-state index in [0.717, 1.165) is 0 Å². The van der Waals surface area contributed by atoms with Gasteiger partial charge < -0.3 is 10.0 Å². The van der Waals surface area contributed by atoms with E-state index >= 15 is 0 Å². The van der Waals surface area contributed by atoms with Gasteiger partial charge in [0.2, 0.25) is 0 Å². The SMILES string of the molecule is CN1CC(C(=O)O)C=NC1=O. The van der Waals surface area contributed by atoms with Gasteiger partial charge in [-0.15, -0.1) is 0 Å². The Labute approximate surface area is 63.3 Å². The molecular formula is C6H8N2O3. The number of amides is 2. The second-order valence-corrected chi connectivity index (χ2v) is 2.39. The van der Waals surface area contributed by atoms with Crippen molar-refractivity contribution in [2.45, 2.75) is 0 Å². The molecule has 1 aliphatic rings. The number of carbonyl (C=O) groups is 2. The minimum Gasteiger partial charge on any atom is -0.481 e. The van der Waals surface area contributed by atoms with Gasteiger partial charge in [0.25, 0.3) is 0 Å². The maximum Gasteiger partial charge on any atom is 0.342 e. The van der Waals surface area contributed by atoms with E-state index in [1.54, 1.807) is 0 Å². The maximum absolute atomic E-state index is 10.7. The molecule has 0 aliphatic carbocycles. The largest absolute Gasteiger partial charge is 0.481 e. The van der Waals surface area contributed by atoms with Crippen molar-refractivity contribution >= 4 is 18.2 Å². The first-order chi connectivity index (χ1) is 5.11. The molecule has 0 bridgehead atoms. The molecule has 5 nitrogen and oxygen atoms in total. The lowest BCUT2D eigenvalue weighted by atomic mass is 10.1. The van der Waals surface area contributed by atoms with Crippen LogP contribution in [0.1, 0.15) is 0 Å². The summed E-state index contributed by atoms with van der Waals surface area (Å²) in [6, 6.07) is -0.387. The van der Waals surface area contributed by atoms with E-state index in [9.17, 15) is 9.59 Å². The summed E-state index contributed by atoms with van der Waals surface area (Å²) >= 11 is 0. The van der Waals surface area contributed by atoms with Gasteiger partial charge in [0.15, 0.2) is 0 Å². The summed E-state index contributed by atoms with van der Waals surface area (Å²) in [6.45, 7) is 0.206. The zero-order chi connectivity index (χ0) is 8.43. The summed E-state index contributed by atoms with van der Waals surface area (Å²) < 4.78 is 0. The molecule has 0 fully saturated rings. The van der Waals surface area contributed by atoms with Crippen molar-refractivity contribution < 1.29 is 14.7 Å². The summed E-state index contributed by atoms with van der Waals surface area (Å²) in [6.07, 6.45) is 1.17. The average molecular weight is 156 g/mol. The van der Waals surface area contributed by atoms with E-state index in [2.05, 4.69) is 4.99 Å². The van der Waals surface area contributed by atoms with Gasteiger partial charge in [-0.05, 0) is 0 Å². The molecule has 1 rings (SSSR count). The number of hydrogen-bond donors (Lipinski definition) is 1. The molecule has 0 aromatic carbocycles. The van der Waals surface area contributed by atoms with Crippen molar-refractivity contribution in [3.63, 3.8) is 0 Å². The Bertz CT molecular complexity index is 224. The van der Waals surface area contributed by atoms with Crippen molar-refractivity contribution in [3.05, 3.63) is 0 Å². The van der Waals surface area contributed by atoms with Crippen molar-refractivity contribution in [2.75, 3.05) is 13.6 Å². The van der Waals surface area contributed by atoms with Crippen molar-refractivity contribution in [1.82, 2.24) is 4.90 Å². The smallest absolute Gasteiger partial charge is 0.342 e. The minimum absolute atomic E-state index is 0.206. The summed E-state index contributed by atoms with van der Waals surface area (Å²) in [4.78, 5) is 25.7. The predicted octanol–water partition coefficient (Wildman–Crippen LogP) is -0.177. The van der Waals surface area contributed by atoms with Gasteiger partial charge >= 0.3 is 12.0 Å². The zero-order valence-corrected chi connectivity index (χ0v) is 6.02. The summed E-state index contributed by atoms with van der Waals surface area (Å²) in [5, 5.41) is 8.51. The summed E-state index contributed by atoms with van der Waals surface area (Å²) in [5.41, 5.74) is 0. The highest BCUT2D eigenvalue weighted by atomic mass is 16.4. The van der Waals surface area contributed by atoms with Gasteiger partial charge in [-0.2, -0.15) is 0 Å². The Hall–Kier alpha value is -1.39. The van der Waals surface area contributed by atoms with Crippen LogP contribution in [0.4, 0.5) is 4.79 Å². The molecule has 0 aromatic rings. The standard InChI is InChI=1S/C6H8N2O3/c1-8-3-4(5(9)10)2-7-6(8)11/h2,4H,3H2,1H3,(H,9,10). The van der Waals surface area contributed by atoms with Crippen molar-refractivity contribution in [3.8, 4) is 0 Å². The number of urea groups is 1. The number of aliphatic imine (C=N–C) groups is 1. The highest BCUT2D eigenvalue weighted by molar-refractivity contribution is 5.96.